The van der Waals surface area contributed by atoms with E-state index in [4.69, 9.17) is 0 Å². The summed E-state index contributed by atoms with van der Waals surface area (Å²) >= 11 is 0. The average molecular weight is 291 g/mol. The van der Waals surface area contributed by atoms with Gasteiger partial charge in [-0.1, -0.05) is 6.42 Å². The maximum absolute atomic E-state index is 12.3. The second-order valence-corrected chi connectivity index (χ2v) is 6.21. The second-order valence-electron chi connectivity index (χ2n) is 6.21. The van der Waals surface area contributed by atoms with Crippen LogP contribution in [0.5, 0.6) is 0 Å². The molecule has 1 aromatic heterocycles. The van der Waals surface area contributed by atoms with Gasteiger partial charge in [-0.05, 0) is 39.2 Å². The number of piperidine rings is 1. The van der Waals surface area contributed by atoms with Crippen LogP contribution in [-0.4, -0.2) is 33.8 Å². The molecule has 2 N–H and O–H groups in total. The van der Waals surface area contributed by atoms with Gasteiger partial charge in [-0.3, -0.25) is 4.79 Å². The van der Waals surface area contributed by atoms with Crippen LogP contribution in [0.1, 0.15) is 56.7 Å². The predicted molar refractivity (Wildman–Crippen MR) is 79.7 cm³/mol. The summed E-state index contributed by atoms with van der Waals surface area (Å²) in [5, 5.41) is 15.0. The number of carbonyl (C=O) groups excluding carboxylic acids is 1. The third kappa shape index (κ3) is 3.26. The Balaban J connectivity index is 1.66. The van der Waals surface area contributed by atoms with E-state index in [0.29, 0.717) is 0 Å². The van der Waals surface area contributed by atoms with Crippen LogP contribution < -0.4 is 10.6 Å². The van der Waals surface area contributed by atoms with Crippen LogP contribution >= 0.6 is 0 Å². The fourth-order valence-electron chi connectivity index (χ4n) is 3.30. The summed E-state index contributed by atoms with van der Waals surface area (Å²) in [6.07, 6.45) is 6.66. The monoisotopic (exact) mass is 291 g/mol. The number of aryl methyl sites for hydroxylation is 1. The molecule has 0 spiro atoms. The molecule has 6 nitrogen and oxygen atoms in total. The Bertz CT molecular complexity index is 492. The first-order valence-electron chi connectivity index (χ1n) is 8.19. The van der Waals surface area contributed by atoms with E-state index in [1.165, 1.54) is 19.3 Å². The molecule has 0 bridgehead atoms. The van der Waals surface area contributed by atoms with E-state index in [9.17, 15) is 4.79 Å². The summed E-state index contributed by atoms with van der Waals surface area (Å²) in [6.45, 7) is 4.80. The Kier molecular flexibility index (Phi) is 4.53. The Morgan fingerprint density at radius 3 is 3.05 bits per heavy atom. The van der Waals surface area contributed by atoms with Crippen LogP contribution in [0.4, 0.5) is 0 Å². The minimum absolute atomic E-state index is 0.0706. The van der Waals surface area contributed by atoms with Gasteiger partial charge < -0.3 is 15.2 Å². The maximum atomic E-state index is 12.3. The number of nitrogens with one attached hydrogen (secondary N) is 2. The zero-order chi connectivity index (χ0) is 14.7. The molecule has 3 heterocycles. The molecule has 2 atom stereocenters. The Morgan fingerprint density at radius 1 is 1.33 bits per heavy atom. The summed E-state index contributed by atoms with van der Waals surface area (Å²) in [5.74, 6) is 2.21. The fraction of sp³-hybridized carbons (Fsp3) is 0.800. The lowest BCUT2D eigenvalue weighted by atomic mass is 9.98. The van der Waals surface area contributed by atoms with Gasteiger partial charge in [0.2, 0.25) is 5.91 Å². The first-order valence-corrected chi connectivity index (χ1v) is 8.19. The van der Waals surface area contributed by atoms with Gasteiger partial charge in [0, 0.05) is 19.5 Å². The van der Waals surface area contributed by atoms with Crippen LogP contribution in [-0.2, 0) is 17.8 Å². The highest BCUT2D eigenvalue weighted by Crippen LogP contribution is 2.19. The van der Waals surface area contributed by atoms with E-state index >= 15 is 0 Å². The van der Waals surface area contributed by atoms with Gasteiger partial charge in [0.05, 0.1) is 12.0 Å². The SMILES string of the molecule is CC(NC(=O)[C@H]1CCCNC1)c1nnc2n1CCCCC2. The van der Waals surface area contributed by atoms with E-state index in [1.54, 1.807) is 0 Å². The molecule has 21 heavy (non-hydrogen) atoms. The topological polar surface area (TPSA) is 71.8 Å². The summed E-state index contributed by atoms with van der Waals surface area (Å²) in [6, 6.07) is -0.0706. The number of hydrogen-bond acceptors (Lipinski definition) is 4. The second kappa shape index (κ2) is 6.56. The minimum atomic E-state index is -0.0706. The zero-order valence-corrected chi connectivity index (χ0v) is 12.8. The van der Waals surface area contributed by atoms with Crippen molar-refractivity contribution in [2.75, 3.05) is 13.1 Å². The van der Waals surface area contributed by atoms with Crippen LogP contribution in [0, 0.1) is 5.92 Å². The molecule has 2 aliphatic heterocycles. The highest BCUT2D eigenvalue weighted by atomic mass is 16.2. The molecule has 1 unspecified atom stereocenters. The molecule has 1 fully saturated rings. The number of amides is 1. The van der Waals surface area contributed by atoms with Crippen molar-refractivity contribution in [1.29, 1.82) is 0 Å². The molecular formula is C15H25N5O. The van der Waals surface area contributed by atoms with Crippen LogP contribution in [0.15, 0.2) is 0 Å². The molecule has 3 rings (SSSR count). The van der Waals surface area contributed by atoms with Crippen LogP contribution in [0.25, 0.3) is 0 Å². The van der Waals surface area contributed by atoms with Gasteiger partial charge >= 0.3 is 0 Å². The maximum Gasteiger partial charge on any atom is 0.224 e. The Hall–Kier alpha value is -1.43. The van der Waals surface area contributed by atoms with Crippen molar-refractivity contribution in [2.45, 2.75) is 58.0 Å². The average Bonchev–Trinajstić information content (AvgIpc) is 2.77. The molecule has 1 amide bonds. The van der Waals surface area contributed by atoms with Crippen molar-refractivity contribution in [3.8, 4) is 0 Å². The standard InChI is InChI=1S/C15H25N5O/c1-11(17-15(21)12-6-5-8-16-10-12)14-19-18-13-7-3-2-4-9-20(13)14/h11-12,16H,2-10H2,1H3,(H,17,21)/t11?,12-/m0/s1. The summed E-state index contributed by atoms with van der Waals surface area (Å²) in [7, 11) is 0. The molecule has 6 heteroatoms. The molecule has 0 aromatic carbocycles. The van der Waals surface area contributed by atoms with Gasteiger partial charge in [-0.2, -0.15) is 0 Å². The summed E-state index contributed by atoms with van der Waals surface area (Å²) < 4.78 is 2.21. The summed E-state index contributed by atoms with van der Waals surface area (Å²) in [4.78, 5) is 12.3. The number of aromatic nitrogens is 3. The molecule has 0 aliphatic carbocycles. The molecule has 116 valence electrons. The van der Waals surface area contributed by atoms with Crippen molar-refractivity contribution in [3.05, 3.63) is 11.6 Å². The molecule has 2 aliphatic rings. The van der Waals surface area contributed by atoms with Gasteiger partial charge in [0.1, 0.15) is 5.82 Å². The van der Waals surface area contributed by atoms with Crippen molar-refractivity contribution in [2.24, 2.45) is 5.92 Å². The van der Waals surface area contributed by atoms with E-state index < -0.39 is 0 Å². The quantitative estimate of drug-likeness (QED) is 0.877. The highest BCUT2D eigenvalue weighted by molar-refractivity contribution is 5.79. The third-order valence-corrected chi connectivity index (χ3v) is 4.55. The van der Waals surface area contributed by atoms with Gasteiger partial charge in [0.15, 0.2) is 5.82 Å². The van der Waals surface area contributed by atoms with E-state index in [0.717, 1.165) is 50.5 Å². The summed E-state index contributed by atoms with van der Waals surface area (Å²) in [5.41, 5.74) is 0. The highest BCUT2D eigenvalue weighted by Gasteiger charge is 2.25. The largest absolute Gasteiger partial charge is 0.346 e. The number of hydrogen-bond donors (Lipinski definition) is 2. The number of rotatable bonds is 3. The van der Waals surface area contributed by atoms with Gasteiger partial charge in [0.25, 0.3) is 0 Å². The first-order chi connectivity index (χ1) is 10.3. The van der Waals surface area contributed by atoms with Gasteiger partial charge in [-0.25, -0.2) is 0 Å². The molecule has 0 saturated carbocycles. The van der Waals surface area contributed by atoms with Crippen molar-refractivity contribution < 1.29 is 4.79 Å². The van der Waals surface area contributed by atoms with Crippen molar-refractivity contribution in [1.82, 2.24) is 25.4 Å². The number of nitrogens with zero attached hydrogens (tertiary/aromatic N) is 3. The lowest BCUT2D eigenvalue weighted by molar-refractivity contribution is -0.126. The molecule has 0 radical (unpaired) electrons. The van der Waals surface area contributed by atoms with Crippen molar-refractivity contribution in [3.63, 3.8) is 0 Å². The van der Waals surface area contributed by atoms with Crippen LogP contribution in [0.3, 0.4) is 0 Å². The van der Waals surface area contributed by atoms with Crippen molar-refractivity contribution >= 4 is 5.91 Å². The molecule has 1 aromatic rings. The molecule has 1 saturated heterocycles. The minimum Gasteiger partial charge on any atom is -0.346 e. The fourth-order valence-corrected chi connectivity index (χ4v) is 3.30. The Morgan fingerprint density at radius 2 is 2.24 bits per heavy atom. The first kappa shape index (κ1) is 14.5. The van der Waals surface area contributed by atoms with E-state index in [2.05, 4.69) is 25.4 Å². The molecular weight excluding hydrogens is 266 g/mol. The number of carbonyl (C=O) groups is 1. The lowest BCUT2D eigenvalue weighted by Gasteiger charge is -2.24. The van der Waals surface area contributed by atoms with Crippen LogP contribution in [0.2, 0.25) is 0 Å². The smallest absolute Gasteiger partial charge is 0.224 e. The number of fused-ring (bicyclic) bond motifs is 1. The van der Waals surface area contributed by atoms with E-state index in [-0.39, 0.29) is 17.9 Å². The van der Waals surface area contributed by atoms with E-state index in [1.807, 2.05) is 6.92 Å². The normalized spacial score (nSPS) is 24.0. The predicted octanol–water partition coefficient (Wildman–Crippen LogP) is 1.18. The Labute approximate surface area is 125 Å². The lowest BCUT2D eigenvalue weighted by Crippen LogP contribution is -2.41. The third-order valence-electron chi connectivity index (χ3n) is 4.55. The van der Waals surface area contributed by atoms with Gasteiger partial charge in [-0.15, -0.1) is 10.2 Å². The zero-order valence-electron chi connectivity index (χ0n) is 12.8.